The molecule has 1 fully saturated rings. The Hall–Kier alpha value is -4.68. The number of benzene rings is 2. The first-order valence-electron chi connectivity index (χ1n) is 22.2. The fourth-order valence-electron chi connectivity index (χ4n) is 6.75. The predicted molar refractivity (Wildman–Crippen MR) is 253 cm³/mol. The first-order valence-corrected chi connectivity index (χ1v) is 28.0. The number of aromatic nitrogens is 2. The quantitative estimate of drug-likeness (QED) is 0.0644. The van der Waals surface area contributed by atoms with Crippen molar-refractivity contribution in [3.63, 3.8) is 0 Å². The van der Waals surface area contributed by atoms with Crippen LogP contribution in [0.4, 0.5) is 4.79 Å². The van der Waals surface area contributed by atoms with Crippen LogP contribution in [0.1, 0.15) is 72.2 Å². The van der Waals surface area contributed by atoms with E-state index < -0.39 is 94.7 Å². The van der Waals surface area contributed by atoms with Crippen LogP contribution in [0.5, 0.6) is 5.75 Å². The molecular formula is C46H71N5O13Si2. The number of rotatable bonds is 21. The number of hydrogen-bond acceptors (Lipinski definition) is 13. The summed E-state index contributed by atoms with van der Waals surface area (Å²) in [4.78, 5) is 66.3. The third-order valence-electron chi connectivity index (χ3n) is 12.8. The lowest BCUT2D eigenvalue weighted by molar-refractivity contribution is -0.149. The molecule has 66 heavy (non-hydrogen) atoms. The molecule has 0 radical (unpaired) electrons. The number of aliphatic hydroxyl groups is 2. The number of aliphatic carboxylic acids is 1. The first-order chi connectivity index (χ1) is 30.7. The van der Waals surface area contributed by atoms with Gasteiger partial charge in [-0.05, 0) is 79.4 Å². The van der Waals surface area contributed by atoms with E-state index in [9.17, 15) is 39.3 Å². The fourth-order valence-corrected chi connectivity index (χ4v) is 9.34. The number of carboxylic acid groups (broad SMARTS) is 1. The Morgan fingerprint density at radius 1 is 0.818 bits per heavy atom. The molecule has 1 aliphatic heterocycles. The summed E-state index contributed by atoms with van der Waals surface area (Å²) in [5.74, 6) is -1.48. The van der Waals surface area contributed by atoms with Crippen LogP contribution in [-0.4, -0.2) is 122 Å². The minimum atomic E-state index is -2.77. The standard InChI is InChI=1S/C46H71N5O13Si2/c1-29(52)34(49-43(58)61-28-31-17-14-13-15-18-31)40(55)48-25-16-24-47-35(42(56)57)36(54)37-38(63-65(9,10)45(2,3)4)39(64-66(11,12)46(5,6)7)41(62-37)50-26-23-33(53)51(44(50)59)27-30-19-21-32(60-8)22-20-30/h13-15,17-23,26,29,34-39,41,47,52,54H,16,24-25,27-28H2,1-12H3,(H,48,55)(H,49,58)(H,56,57)/t29-,34-,35-,36?,37-,38-,39-,41-/m0/s1. The zero-order valence-electron chi connectivity index (χ0n) is 40.3. The summed E-state index contributed by atoms with van der Waals surface area (Å²) in [6.45, 7) is 21.6. The van der Waals surface area contributed by atoms with E-state index in [0.717, 1.165) is 10.1 Å². The fraction of sp³-hybridized carbons (Fsp3) is 0.587. The molecule has 4 rings (SSSR count). The second-order valence-corrected chi connectivity index (χ2v) is 29.3. The van der Waals surface area contributed by atoms with Crippen LogP contribution in [-0.2, 0) is 41.1 Å². The highest BCUT2D eigenvalue weighted by Gasteiger charge is 2.57. The molecule has 3 aromatic rings. The zero-order valence-corrected chi connectivity index (χ0v) is 42.3. The van der Waals surface area contributed by atoms with Gasteiger partial charge in [0, 0.05) is 18.8 Å². The number of carbonyl (C=O) groups is 3. The predicted octanol–water partition coefficient (Wildman–Crippen LogP) is 4.33. The van der Waals surface area contributed by atoms with Crippen molar-refractivity contribution in [2.75, 3.05) is 20.2 Å². The third-order valence-corrected chi connectivity index (χ3v) is 21.7. The van der Waals surface area contributed by atoms with Gasteiger partial charge in [0.2, 0.25) is 5.91 Å². The maximum absolute atomic E-state index is 14.5. The van der Waals surface area contributed by atoms with Crippen molar-refractivity contribution in [1.29, 1.82) is 0 Å². The second-order valence-electron chi connectivity index (χ2n) is 19.8. The van der Waals surface area contributed by atoms with Gasteiger partial charge in [0.15, 0.2) is 22.9 Å². The third kappa shape index (κ3) is 13.7. The van der Waals surface area contributed by atoms with E-state index in [1.165, 1.54) is 30.9 Å². The summed E-state index contributed by atoms with van der Waals surface area (Å²) in [5.41, 5.74) is 0.138. The highest BCUT2D eigenvalue weighted by atomic mass is 28.4. The SMILES string of the molecule is COc1ccc(Cn2c(=O)ccn([C@H]3O[C@@H](C(O)[C@H](NCCCNC(=O)[C@@H](NC(=O)OCc4ccccc4)[C@H](C)O)C(=O)O)[C@H](O[Si](C)(C)C(C)(C)C)[C@@H]3O[Si](C)(C)C(C)(C)C)c2=O)cc1. The van der Waals surface area contributed by atoms with Gasteiger partial charge in [-0.1, -0.05) is 84.0 Å². The number of carbonyl (C=O) groups excluding carboxylic acids is 2. The minimum Gasteiger partial charge on any atom is -0.497 e. The molecule has 366 valence electrons. The van der Waals surface area contributed by atoms with Gasteiger partial charge in [0.25, 0.3) is 5.56 Å². The average molecular weight is 958 g/mol. The molecule has 18 nitrogen and oxygen atoms in total. The maximum atomic E-state index is 14.5. The Balaban J connectivity index is 1.61. The summed E-state index contributed by atoms with van der Waals surface area (Å²) < 4.78 is 33.6. The number of alkyl carbamates (subject to hydrolysis) is 1. The number of aliphatic hydroxyl groups excluding tert-OH is 2. The molecule has 0 spiro atoms. The molecular weight excluding hydrogens is 887 g/mol. The molecule has 2 heterocycles. The largest absolute Gasteiger partial charge is 0.497 e. The lowest BCUT2D eigenvalue weighted by Gasteiger charge is -2.44. The van der Waals surface area contributed by atoms with E-state index in [2.05, 4.69) is 36.7 Å². The lowest BCUT2D eigenvalue weighted by Crippen LogP contribution is -2.59. The van der Waals surface area contributed by atoms with Gasteiger partial charge in [0.1, 0.15) is 48.9 Å². The molecule has 2 aromatic carbocycles. The first kappa shape index (κ1) is 53.9. The Bertz CT molecular complexity index is 2200. The van der Waals surface area contributed by atoms with E-state index >= 15 is 0 Å². The van der Waals surface area contributed by atoms with Crippen molar-refractivity contribution < 1.29 is 52.8 Å². The van der Waals surface area contributed by atoms with Crippen molar-refractivity contribution in [3.8, 4) is 5.75 Å². The highest BCUT2D eigenvalue weighted by Crippen LogP contribution is 2.46. The van der Waals surface area contributed by atoms with E-state index in [4.69, 9.17) is 23.1 Å². The number of nitrogens with one attached hydrogen (secondary N) is 3. The van der Waals surface area contributed by atoms with Crippen molar-refractivity contribution in [2.45, 2.75) is 153 Å². The van der Waals surface area contributed by atoms with Crippen molar-refractivity contribution >= 4 is 34.6 Å². The van der Waals surface area contributed by atoms with Crippen molar-refractivity contribution in [3.05, 3.63) is 98.8 Å². The monoisotopic (exact) mass is 957 g/mol. The van der Waals surface area contributed by atoms with Crippen LogP contribution in [0.15, 0.2) is 76.4 Å². The molecule has 0 bridgehead atoms. The Morgan fingerprint density at radius 2 is 1.41 bits per heavy atom. The Morgan fingerprint density at radius 3 is 1.95 bits per heavy atom. The number of methoxy groups -OCH3 is 1. The summed E-state index contributed by atoms with van der Waals surface area (Å²) in [6.07, 6.45) is -7.19. The summed E-state index contributed by atoms with van der Waals surface area (Å²) >= 11 is 0. The van der Waals surface area contributed by atoms with Crippen LogP contribution in [0.2, 0.25) is 36.3 Å². The van der Waals surface area contributed by atoms with E-state index in [0.29, 0.717) is 11.3 Å². The molecule has 1 aromatic heterocycles. The van der Waals surface area contributed by atoms with E-state index in [1.807, 2.05) is 53.0 Å². The van der Waals surface area contributed by atoms with Gasteiger partial charge >= 0.3 is 17.8 Å². The van der Waals surface area contributed by atoms with E-state index in [-0.39, 0.29) is 42.7 Å². The molecule has 1 aliphatic rings. The van der Waals surface area contributed by atoms with Crippen LogP contribution >= 0.6 is 0 Å². The van der Waals surface area contributed by atoms with Crippen molar-refractivity contribution in [2.24, 2.45) is 0 Å². The summed E-state index contributed by atoms with van der Waals surface area (Å²) in [7, 11) is -3.98. The number of nitrogens with zero attached hydrogens (tertiary/aromatic N) is 2. The summed E-state index contributed by atoms with van der Waals surface area (Å²) in [5, 5.41) is 40.3. The maximum Gasteiger partial charge on any atom is 0.408 e. The van der Waals surface area contributed by atoms with Crippen LogP contribution < -0.4 is 31.9 Å². The molecule has 2 amide bonds. The topological polar surface area (TPSA) is 238 Å². The normalized spacial score (nSPS) is 19.9. The van der Waals surface area contributed by atoms with Crippen molar-refractivity contribution in [1.82, 2.24) is 25.1 Å². The van der Waals surface area contributed by atoms with Gasteiger partial charge in [-0.2, -0.15) is 0 Å². The number of carboxylic acids is 1. The van der Waals surface area contributed by atoms with Gasteiger partial charge < -0.3 is 54.3 Å². The average Bonchev–Trinajstić information content (AvgIpc) is 3.56. The molecule has 1 saturated heterocycles. The lowest BCUT2D eigenvalue weighted by atomic mass is 9.99. The Kier molecular flexibility index (Phi) is 18.3. The number of ether oxygens (including phenoxy) is 3. The highest BCUT2D eigenvalue weighted by molar-refractivity contribution is 6.74. The molecule has 20 heteroatoms. The molecule has 0 aliphatic carbocycles. The van der Waals surface area contributed by atoms with Gasteiger partial charge in [-0.3, -0.25) is 23.5 Å². The van der Waals surface area contributed by atoms with Gasteiger partial charge in [-0.15, -0.1) is 0 Å². The number of amides is 2. The van der Waals surface area contributed by atoms with Crippen LogP contribution in [0, 0.1) is 0 Å². The minimum absolute atomic E-state index is 0.00885. The van der Waals surface area contributed by atoms with Crippen LogP contribution in [0.3, 0.4) is 0 Å². The molecule has 6 N–H and O–H groups in total. The smallest absolute Gasteiger partial charge is 0.408 e. The van der Waals surface area contributed by atoms with Gasteiger partial charge in [0.05, 0.1) is 19.8 Å². The molecule has 1 unspecified atom stereocenters. The molecule has 0 saturated carbocycles. The van der Waals surface area contributed by atoms with Crippen LogP contribution in [0.25, 0.3) is 0 Å². The second kappa shape index (κ2) is 22.4. The Labute approximate surface area is 389 Å². The zero-order chi connectivity index (χ0) is 49.4. The summed E-state index contributed by atoms with van der Waals surface area (Å²) in [6, 6.07) is 14.2. The van der Waals surface area contributed by atoms with Gasteiger partial charge in [-0.25, -0.2) is 9.59 Å². The number of hydrogen-bond donors (Lipinski definition) is 6. The van der Waals surface area contributed by atoms with E-state index in [1.54, 1.807) is 48.5 Å². The molecule has 8 atom stereocenters.